The Kier molecular flexibility index (Phi) is 9.36. The molecule has 0 N–H and O–H groups in total. The summed E-state index contributed by atoms with van der Waals surface area (Å²) < 4.78 is 17.4. The molecule has 1 atom stereocenters. The van der Waals surface area contributed by atoms with Gasteiger partial charge in [-0.25, -0.2) is 9.38 Å². The van der Waals surface area contributed by atoms with E-state index in [9.17, 15) is 14.0 Å². The van der Waals surface area contributed by atoms with Gasteiger partial charge in [-0.05, 0) is 32.7 Å². The van der Waals surface area contributed by atoms with Crippen LogP contribution in [0.4, 0.5) is 4.39 Å². The minimum absolute atomic E-state index is 0.0625. The molecule has 146 valence electrons. The van der Waals surface area contributed by atoms with Gasteiger partial charge in [0.05, 0.1) is 6.54 Å². The Bertz CT molecular complexity index is 726. The number of amides is 1. The molecule has 0 aromatic heterocycles. The van der Waals surface area contributed by atoms with Crippen LogP contribution in [0.3, 0.4) is 0 Å². The van der Waals surface area contributed by atoms with Gasteiger partial charge in [-0.1, -0.05) is 18.2 Å². The first-order valence-electron chi connectivity index (χ1n) is 8.28. The van der Waals surface area contributed by atoms with Crippen LogP contribution < -0.4 is 0 Å². The standard InChI is InChI=1S/C19H23ClFN3O3/c1-5-17(20)18(27-11-8-21)23-10-6-13(2)24-12-16(14(3)25)15(19(24)26)7-9-22-4/h5,7,9-10,13H,1,4,6,8,11-12H2,2-3H3/b9-7-,18-17-,23-10?. The number of hydrogen-bond donors (Lipinski definition) is 0. The van der Waals surface area contributed by atoms with Crippen LogP contribution in [0.25, 0.3) is 0 Å². The summed E-state index contributed by atoms with van der Waals surface area (Å²) >= 11 is 5.92. The number of ether oxygens (including phenoxy) is 1. The van der Waals surface area contributed by atoms with Gasteiger partial charge in [0.1, 0.15) is 18.3 Å². The third-order valence-corrected chi connectivity index (χ3v) is 4.12. The molecule has 0 aromatic carbocycles. The molecular weight excluding hydrogens is 373 g/mol. The molecule has 0 saturated heterocycles. The van der Waals surface area contributed by atoms with E-state index in [4.69, 9.17) is 16.3 Å². The van der Waals surface area contributed by atoms with Gasteiger partial charge in [0.15, 0.2) is 5.78 Å². The fourth-order valence-electron chi connectivity index (χ4n) is 2.37. The van der Waals surface area contributed by atoms with Crippen molar-refractivity contribution in [3.05, 3.63) is 47.0 Å². The first-order valence-corrected chi connectivity index (χ1v) is 8.66. The van der Waals surface area contributed by atoms with E-state index in [1.807, 2.05) is 6.92 Å². The predicted octanol–water partition coefficient (Wildman–Crippen LogP) is 3.36. The highest BCUT2D eigenvalue weighted by Crippen LogP contribution is 2.24. The maximum Gasteiger partial charge on any atom is 0.254 e. The first kappa shape index (κ1) is 22.5. The van der Waals surface area contributed by atoms with Crippen LogP contribution >= 0.6 is 11.6 Å². The molecule has 0 aromatic rings. The van der Waals surface area contributed by atoms with Gasteiger partial charge in [-0.15, -0.1) is 0 Å². The molecular formula is C19H23ClFN3O3. The lowest BCUT2D eigenvalue weighted by atomic mass is 10.1. The number of hydrogen-bond acceptors (Lipinski definition) is 5. The van der Waals surface area contributed by atoms with Gasteiger partial charge in [0, 0.05) is 36.0 Å². The Morgan fingerprint density at radius 2 is 2.22 bits per heavy atom. The molecule has 6 nitrogen and oxygen atoms in total. The molecule has 0 spiro atoms. The minimum Gasteiger partial charge on any atom is -0.474 e. The van der Waals surface area contributed by atoms with Crippen molar-refractivity contribution >= 4 is 36.2 Å². The van der Waals surface area contributed by atoms with E-state index in [0.717, 1.165) is 0 Å². The molecule has 1 rings (SSSR count). The summed E-state index contributed by atoms with van der Waals surface area (Å²) in [7, 11) is 0. The summed E-state index contributed by atoms with van der Waals surface area (Å²) in [6.45, 7) is 9.47. The summed E-state index contributed by atoms with van der Waals surface area (Å²) in [5, 5.41) is 0.162. The first-order chi connectivity index (χ1) is 12.9. The van der Waals surface area contributed by atoms with Crippen molar-refractivity contribution in [2.24, 2.45) is 9.98 Å². The molecule has 0 radical (unpaired) electrons. The molecule has 0 fully saturated rings. The van der Waals surface area contributed by atoms with Gasteiger partial charge in [-0.3, -0.25) is 14.6 Å². The summed E-state index contributed by atoms with van der Waals surface area (Å²) in [4.78, 5) is 33.7. The van der Waals surface area contributed by atoms with Gasteiger partial charge in [-0.2, -0.15) is 0 Å². The molecule has 1 amide bonds. The van der Waals surface area contributed by atoms with Crippen molar-refractivity contribution in [2.45, 2.75) is 26.3 Å². The summed E-state index contributed by atoms with van der Waals surface area (Å²) in [5.74, 6) is -0.361. The molecule has 1 aliphatic rings. The van der Waals surface area contributed by atoms with E-state index >= 15 is 0 Å². The molecule has 0 bridgehead atoms. The van der Waals surface area contributed by atoms with E-state index in [0.29, 0.717) is 17.6 Å². The van der Waals surface area contributed by atoms with Gasteiger partial charge >= 0.3 is 0 Å². The maximum atomic E-state index is 12.6. The quantitative estimate of drug-likeness (QED) is 0.306. The number of halogens is 2. The molecule has 1 unspecified atom stereocenters. The second-order valence-corrected chi connectivity index (χ2v) is 6.08. The average Bonchev–Trinajstić information content (AvgIpc) is 2.98. The Balaban J connectivity index is 2.86. The van der Waals surface area contributed by atoms with Crippen molar-refractivity contribution in [1.82, 2.24) is 4.90 Å². The van der Waals surface area contributed by atoms with Crippen molar-refractivity contribution in [3.8, 4) is 0 Å². The fraction of sp³-hybridized carbons (Fsp3) is 0.368. The Labute approximate surface area is 163 Å². The lowest BCUT2D eigenvalue weighted by Gasteiger charge is -2.23. The Hall–Kier alpha value is -2.54. The summed E-state index contributed by atoms with van der Waals surface area (Å²) in [6, 6.07) is -0.233. The van der Waals surface area contributed by atoms with E-state index < -0.39 is 6.67 Å². The highest BCUT2D eigenvalue weighted by Gasteiger charge is 2.33. The lowest BCUT2D eigenvalue weighted by Crippen LogP contribution is -2.36. The molecule has 0 saturated carbocycles. The van der Waals surface area contributed by atoms with E-state index in [1.54, 1.807) is 4.90 Å². The number of aliphatic imine (C=N–C) groups is 2. The van der Waals surface area contributed by atoms with Crippen LogP contribution in [0.1, 0.15) is 20.3 Å². The molecule has 0 aliphatic carbocycles. The highest BCUT2D eigenvalue weighted by molar-refractivity contribution is 6.31. The summed E-state index contributed by atoms with van der Waals surface area (Å²) in [6.07, 6.45) is 6.13. The number of Topliss-reactive ketones (excluding diaryl/α,β-unsaturated/α-hetero) is 1. The van der Waals surface area contributed by atoms with E-state index in [2.05, 4.69) is 23.3 Å². The molecule has 1 heterocycles. The van der Waals surface area contributed by atoms with Crippen molar-refractivity contribution in [3.63, 3.8) is 0 Å². The van der Waals surface area contributed by atoms with Crippen molar-refractivity contribution in [1.29, 1.82) is 0 Å². The Morgan fingerprint density at radius 3 is 2.78 bits per heavy atom. The third kappa shape index (κ3) is 6.29. The molecule has 8 heteroatoms. The van der Waals surface area contributed by atoms with E-state index in [-0.39, 0.29) is 41.8 Å². The SMILES string of the molecule is C=C/C(Cl)=C(\N=CCC(C)N1CC(C(C)=O)=C(/C=C\N=C)C1=O)OCCF. The van der Waals surface area contributed by atoms with Crippen LogP contribution in [-0.2, 0) is 14.3 Å². The zero-order chi connectivity index (χ0) is 20.4. The predicted molar refractivity (Wildman–Crippen MR) is 106 cm³/mol. The number of carbonyl (C=O) groups excluding carboxylic acids is 2. The van der Waals surface area contributed by atoms with Crippen LogP contribution in [0.5, 0.6) is 0 Å². The van der Waals surface area contributed by atoms with Crippen LogP contribution in [0, 0.1) is 0 Å². The molecule has 27 heavy (non-hydrogen) atoms. The zero-order valence-corrected chi connectivity index (χ0v) is 16.2. The van der Waals surface area contributed by atoms with Crippen molar-refractivity contribution < 1.29 is 18.7 Å². The minimum atomic E-state index is -0.672. The second kappa shape index (κ2) is 11.2. The van der Waals surface area contributed by atoms with Crippen LogP contribution in [0.2, 0.25) is 0 Å². The smallest absolute Gasteiger partial charge is 0.254 e. The normalized spacial score (nSPS) is 16.9. The number of nitrogens with zero attached hydrogens (tertiary/aromatic N) is 3. The van der Waals surface area contributed by atoms with Crippen molar-refractivity contribution in [2.75, 3.05) is 19.8 Å². The van der Waals surface area contributed by atoms with E-state index in [1.165, 1.54) is 31.5 Å². The Morgan fingerprint density at radius 1 is 1.52 bits per heavy atom. The number of ketones is 1. The maximum absolute atomic E-state index is 12.6. The zero-order valence-electron chi connectivity index (χ0n) is 15.5. The van der Waals surface area contributed by atoms with Crippen LogP contribution in [0.15, 0.2) is 57.0 Å². The molecule has 1 aliphatic heterocycles. The van der Waals surface area contributed by atoms with Crippen LogP contribution in [-0.4, -0.2) is 55.4 Å². The largest absolute Gasteiger partial charge is 0.474 e. The third-order valence-electron chi connectivity index (χ3n) is 3.80. The second-order valence-electron chi connectivity index (χ2n) is 5.67. The lowest BCUT2D eigenvalue weighted by molar-refractivity contribution is -0.126. The number of allylic oxidation sites excluding steroid dienone is 2. The summed E-state index contributed by atoms with van der Waals surface area (Å²) in [5.41, 5.74) is 0.755. The van der Waals surface area contributed by atoms with Gasteiger partial charge < -0.3 is 9.64 Å². The van der Waals surface area contributed by atoms with Gasteiger partial charge in [0.2, 0.25) is 5.88 Å². The topological polar surface area (TPSA) is 71.3 Å². The average molecular weight is 396 g/mol. The monoisotopic (exact) mass is 395 g/mol. The fourth-order valence-corrected chi connectivity index (χ4v) is 2.48. The number of carbonyl (C=O) groups is 2. The van der Waals surface area contributed by atoms with Gasteiger partial charge in [0.25, 0.3) is 5.91 Å². The number of rotatable bonds is 11. The number of alkyl halides is 1. The highest BCUT2D eigenvalue weighted by atomic mass is 35.5.